The Hall–Kier alpha value is -2.09. The molecular weight excluding hydrogens is 459 g/mol. The van der Waals surface area contributed by atoms with Crippen molar-refractivity contribution in [3.63, 3.8) is 0 Å². The van der Waals surface area contributed by atoms with Crippen LogP contribution in [0.4, 0.5) is 5.69 Å². The van der Waals surface area contributed by atoms with Crippen molar-refractivity contribution in [3.8, 4) is 0 Å². The maximum atomic E-state index is 12.0. The van der Waals surface area contributed by atoms with Crippen LogP contribution in [-0.4, -0.2) is 30.9 Å². The molecule has 2 amide bonds. The number of hydrogen-bond donors (Lipinski definition) is 2. The molecule has 0 saturated carbocycles. The average Bonchev–Trinajstić information content (AvgIpc) is 2.63. The summed E-state index contributed by atoms with van der Waals surface area (Å²) >= 11 is 15.1. The summed E-state index contributed by atoms with van der Waals surface area (Å²) in [5.74, 6) is -1.79. The molecule has 0 aliphatic rings. The molecule has 2 N–H and O–H groups in total. The van der Waals surface area contributed by atoms with Gasteiger partial charge in [-0.05, 0) is 42.8 Å². The topological polar surface area (TPSA) is 84.5 Å². The maximum Gasteiger partial charge on any atom is 0.340 e. The van der Waals surface area contributed by atoms with Crippen LogP contribution in [0.2, 0.25) is 10.0 Å². The Labute approximate surface area is 174 Å². The zero-order valence-electron chi connectivity index (χ0n) is 14.1. The van der Waals surface area contributed by atoms with Gasteiger partial charge in [-0.2, -0.15) is 0 Å². The highest BCUT2D eigenvalue weighted by molar-refractivity contribution is 9.10. The van der Waals surface area contributed by atoms with E-state index in [0.717, 1.165) is 5.56 Å². The normalized spacial score (nSPS) is 10.2. The van der Waals surface area contributed by atoms with Gasteiger partial charge in [0.25, 0.3) is 5.91 Å². The monoisotopic (exact) mass is 472 g/mol. The van der Waals surface area contributed by atoms with Gasteiger partial charge in [0.1, 0.15) is 0 Å². The van der Waals surface area contributed by atoms with Gasteiger partial charge >= 0.3 is 5.97 Å². The third-order valence-electron chi connectivity index (χ3n) is 3.47. The number of carbonyl (C=O) groups excluding carboxylic acids is 3. The van der Waals surface area contributed by atoms with Crippen LogP contribution in [-0.2, 0) is 14.3 Å². The number of anilines is 1. The van der Waals surface area contributed by atoms with E-state index in [1.807, 2.05) is 0 Å². The lowest BCUT2D eigenvalue weighted by Gasteiger charge is -2.10. The number of esters is 1. The van der Waals surface area contributed by atoms with Crippen molar-refractivity contribution in [1.82, 2.24) is 5.32 Å². The fourth-order valence-electron chi connectivity index (χ4n) is 2.03. The van der Waals surface area contributed by atoms with Gasteiger partial charge in [0.2, 0.25) is 5.91 Å². The molecule has 0 unspecified atom stereocenters. The third-order valence-corrected chi connectivity index (χ3v) is 4.70. The lowest BCUT2D eigenvalue weighted by molar-refractivity contribution is -0.126. The Morgan fingerprint density at radius 3 is 2.56 bits per heavy atom. The molecule has 2 aromatic carbocycles. The summed E-state index contributed by atoms with van der Waals surface area (Å²) in [4.78, 5) is 35.7. The predicted molar refractivity (Wildman–Crippen MR) is 107 cm³/mol. The molecule has 0 aromatic heterocycles. The van der Waals surface area contributed by atoms with E-state index >= 15 is 0 Å². The Morgan fingerprint density at radius 1 is 1.07 bits per heavy atom. The molecule has 9 heteroatoms. The largest absolute Gasteiger partial charge is 0.452 e. The summed E-state index contributed by atoms with van der Waals surface area (Å²) in [6.07, 6.45) is 0. The molecule has 142 valence electrons. The Bertz CT molecular complexity index is 890. The van der Waals surface area contributed by atoms with Crippen LogP contribution >= 0.6 is 39.1 Å². The van der Waals surface area contributed by atoms with Crippen molar-refractivity contribution in [2.75, 3.05) is 18.5 Å². The van der Waals surface area contributed by atoms with E-state index in [9.17, 15) is 14.4 Å². The molecule has 6 nitrogen and oxygen atoms in total. The molecule has 0 fully saturated rings. The molecule has 2 rings (SSSR count). The first-order valence-corrected chi connectivity index (χ1v) is 9.26. The van der Waals surface area contributed by atoms with E-state index in [1.54, 1.807) is 31.2 Å². The van der Waals surface area contributed by atoms with Gasteiger partial charge in [-0.3, -0.25) is 9.59 Å². The molecule has 0 aliphatic carbocycles. The SMILES string of the molecule is Cc1c(Cl)cccc1NC(=O)CNC(=O)COC(=O)c1cc(Br)ccc1Cl. The predicted octanol–water partition coefficient (Wildman–Crippen LogP) is 3.98. The van der Waals surface area contributed by atoms with Gasteiger partial charge in [-0.15, -0.1) is 0 Å². The summed E-state index contributed by atoms with van der Waals surface area (Å²) in [6.45, 7) is 0.953. The Kier molecular flexibility index (Phi) is 7.65. The van der Waals surface area contributed by atoms with Gasteiger partial charge < -0.3 is 15.4 Å². The minimum atomic E-state index is -0.740. The minimum absolute atomic E-state index is 0.132. The second-order valence-corrected chi connectivity index (χ2v) is 7.17. The van der Waals surface area contributed by atoms with Crippen molar-refractivity contribution >= 4 is 62.6 Å². The first-order chi connectivity index (χ1) is 12.8. The van der Waals surface area contributed by atoms with Crippen LogP contribution in [0.5, 0.6) is 0 Å². The van der Waals surface area contributed by atoms with Crippen LogP contribution in [0.1, 0.15) is 15.9 Å². The number of amides is 2. The number of nitrogens with one attached hydrogen (secondary N) is 2. The highest BCUT2D eigenvalue weighted by atomic mass is 79.9. The van der Waals surface area contributed by atoms with Gasteiger partial charge in [0, 0.05) is 15.2 Å². The maximum absolute atomic E-state index is 12.0. The smallest absolute Gasteiger partial charge is 0.340 e. The zero-order chi connectivity index (χ0) is 20.0. The highest BCUT2D eigenvalue weighted by Crippen LogP contribution is 2.23. The number of carbonyl (C=O) groups is 3. The molecule has 0 aliphatic heterocycles. The second kappa shape index (κ2) is 9.73. The third kappa shape index (κ3) is 6.23. The minimum Gasteiger partial charge on any atom is -0.452 e. The molecule has 0 spiro atoms. The lowest BCUT2D eigenvalue weighted by atomic mass is 10.2. The van der Waals surface area contributed by atoms with E-state index in [4.69, 9.17) is 27.9 Å². The van der Waals surface area contributed by atoms with Crippen molar-refractivity contribution in [3.05, 3.63) is 62.0 Å². The summed E-state index contributed by atoms with van der Waals surface area (Å²) in [5.41, 5.74) is 1.41. The standard InChI is InChI=1S/C18H15BrCl2N2O4/c1-10-13(20)3-2-4-15(10)23-16(24)8-22-17(25)9-27-18(26)12-7-11(19)5-6-14(12)21/h2-7H,8-9H2,1H3,(H,22,25)(H,23,24). The van der Waals surface area contributed by atoms with Crippen molar-refractivity contribution in [1.29, 1.82) is 0 Å². The highest BCUT2D eigenvalue weighted by Gasteiger charge is 2.15. The van der Waals surface area contributed by atoms with Crippen LogP contribution < -0.4 is 10.6 Å². The summed E-state index contributed by atoms with van der Waals surface area (Å²) in [6, 6.07) is 9.81. The molecule has 0 heterocycles. The zero-order valence-corrected chi connectivity index (χ0v) is 17.2. The van der Waals surface area contributed by atoms with Crippen LogP contribution in [0.3, 0.4) is 0 Å². The summed E-state index contributed by atoms with van der Waals surface area (Å²) < 4.78 is 5.56. The molecule has 0 saturated heterocycles. The quantitative estimate of drug-likeness (QED) is 0.621. The first kappa shape index (κ1) is 21.2. The molecule has 27 heavy (non-hydrogen) atoms. The van der Waals surface area contributed by atoms with Crippen LogP contribution in [0, 0.1) is 6.92 Å². The summed E-state index contributed by atoms with van der Waals surface area (Å²) in [7, 11) is 0. The van der Waals surface area contributed by atoms with Crippen molar-refractivity contribution in [2.24, 2.45) is 0 Å². The van der Waals surface area contributed by atoms with Crippen LogP contribution in [0.25, 0.3) is 0 Å². The molecular formula is C18H15BrCl2N2O4. The van der Waals surface area contributed by atoms with E-state index in [2.05, 4.69) is 26.6 Å². The van der Waals surface area contributed by atoms with Crippen LogP contribution in [0.15, 0.2) is 40.9 Å². The fraction of sp³-hybridized carbons (Fsp3) is 0.167. The van der Waals surface area contributed by atoms with E-state index < -0.39 is 24.4 Å². The average molecular weight is 474 g/mol. The Morgan fingerprint density at radius 2 is 1.81 bits per heavy atom. The molecule has 0 atom stereocenters. The Balaban J connectivity index is 1.80. The van der Waals surface area contributed by atoms with Gasteiger partial charge in [0.15, 0.2) is 6.61 Å². The fourth-order valence-corrected chi connectivity index (χ4v) is 2.76. The van der Waals surface area contributed by atoms with E-state index in [-0.39, 0.29) is 17.1 Å². The summed E-state index contributed by atoms with van der Waals surface area (Å²) in [5, 5.41) is 5.74. The molecule has 0 radical (unpaired) electrons. The number of hydrogen-bond acceptors (Lipinski definition) is 4. The first-order valence-electron chi connectivity index (χ1n) is 7.71. The molecule has 0 bridgehead atoms. The van der Waals surface area contributed by atoms with Gasteiger partial charge in [-0.25, -0.2) is 4.79 Å². The van der Waals surface area contributed by atoms with E-state index in [0.29, 0.717) is 15.2 Å². The second-order valence-electron chi connectivity index (χ2n) is 5.44. The van der Waals surface area contributed by atoms with Crippen molar-refractivity contribution < 1.29 is 19.1 Å². The number of halogens is 3. The number of rotatable bonds is 6. The molecule has 2 aromatic rings. The van der Waals surface area contributed by atoms with E-state index in [1.165, 1.54) is 12.1 Å². The number of ether oxygens (including phenoxy) is 1. The lowest BCUT2D eigenvalue weighted by Crippen LogP contribution is -2.35. The van der Waals surface area contributed by atoms with Crippen molar-refractivity contribution in [2.45, 2.75) is 6.92 Å². The number of benzene rings is 2. The van der Waals surface area contributed by atoms with Gasteiger partial charge in [0.05, 0.1) is 17.1 Å². The van der Waals surface area contributed by atoms with Gasteiger partial charge in [-0.1, -0.05) is 45.2 Å².